The second-order valence-electron chi connectivity index (χ2n) is 7.25. The van der Waals surface area contributed by atoms with Crippen molar-refractivity contribution in [2.24, 2.45) is 0 Å². The lowest BCUT2D eigenvalue weighted by Crippen LogP contribution is -2.44. The van der Waals surface area contributed by atoms with Gasteiger partial charge >= 0.3 is 5.97 Å². The van der Waals surface area contributed by atoms with Crippen LogP contribution in [0.3, 0.4) is 0 Å². The molecule has 0 radical (unpaired) electrons. The molecule has 2 aliphatic heterocycles. The molecule has 3 nitrogen and oxygen atoms in total. The number of hydrogen-bond acceptors (Lipinski definition) is 2. The summed E-state index contributed by atoms with van der Waals surface area (Å²) in [6, 6.07) is 12.1. The summed E-state index contributed by atoms with van der Waals surface area (Å²) in [5, 5.41) is 8.98. The van der Waals surface area contributed by atoms with Crippen molar-refractivity contribution < 1.29 is 9.90 Å². The van der Waals surface area contributed by atoms with Gasteiger partial charge in [0.25, 0.3) is 0 Å². The van der Waals surface area contributed by atoms with Gasteiger partial charge in [0.2, 0.25) is 0 Å². The quantitative estimate of drug-likeness (QED) is 0.866. The van der Waals surface area contributed by atoms with Crippen LogP contribution in [-0.4, -0.2) is 34.6 Å². The highest BCUT2D eigenvalue weighted by Crippen LogP contribution is 2.51. The summed E-state index contributed by atoms with van der Waals surface area (Å²) in [4.78, 5) is 13.6. The maximum absolute atomic E-state index is 10.9. The van der Waals surface area contributed by atoms with Gasteiger partial charge < -0.3 is 5.11 Å². The first-order chi connectivity index (χ1) is 10.7. The third-order valence-electron chi connectivity index (χ3n) is 5.82. The zero-order valence-electron chi connectivity index (χ0n) is 12.9. The molecule has 2 unspecified atom stereocenters. The van der Waals surface area contributed by atoms with Crippen LogP contribution in [0.1, 0.15) is 44.1 Å². The molecule has 4 rings (SSSR count). The second-order valence-corrected chi connectivity index (χ2v) is 7.25. The van der Waals surface area contributed by atoms with Crippen LogP contribution >= 0.6 is 0 Å². The number of carbonyl (C=O) groups is 1. The maximum Gasteiger partial charge on any atom is 0.328 e. The van der Waals surface area contributed by atoms with Crippen molar-refractivity contribution >= 4 is 5.97 Å². The first-order valence-electron chi connectivity index (χ1n) is 8.40. The van der Waals surface area contributed by atoms with Gasteiger partial charge in [-0.2, -0.15) is 0 Å². The molecule has 2 heterocycles. The molecule has 2 atom stereocenters. The minimum atomic E-state index is -0.786. The number of benzene rings is 1. The highest BCUT2D eigenvalue weighted by Gasteiger charge is 2.49. The number of piperidine rings is 1. The Morgan fingerprint density at radius 3 is 2.36 bits per heavy atom. The van der Waals surface area contributed by atoms with Crippen LogP contribution < -0.4 is 0 Å². The monoisotopic (exact) mass is 297 g/mol. The minimum Gasteiger partial charge on any atom is -0.478 e. The van der Waals surface area contributed by atoms with E-state index >= 15 is 0 Å². The molecule has 2 saturated heterocycles. The van der Waals surface area contributed by atoms with E-state index in [1.54, 1.807) is 0 Å². The minimum absolute atomic E-state index is 0.371. The summed E-state index contributed by atoms with van der Waals surface area (Å²) in [6.45, 7) is 1.16. The molecular formula is C19H23NO2. The van der Waals surface area contributed by atoms with E-state index in [2.05, 4.69) is 35.2 Å². The summed E-state index contributed by atoms with van der Waals surface area (Å²) < 4.78 is 0. The Balaban J connectivity index is 1.50. The largest absolute Gasteiger partial charge is 0.478 e. The topological polar surface area (TPSA) is 40.5 Å². The zero-order valence-corrected chi connectivity index (χ0v) is 12.9. The Hall–Kier alpha value is -1.61. The Kier molecular flexibility index (Phi) is 3.33. The van der Waals surface area contributed by atoms with E-state index in [0.717, 1.165) is 25.0 Å². The van der Waals surface area contributed by atoms with Crippen LogP contribution in [0.25, 0.3) is 0 Å². The van der Waals surface area contributed by atoms with Crippen molar-refractivity contribution in [3.63, 3.8) is 0 Å². The van der Waals surface area contributed by atoms with Gasteiger partial charge in [-0.15, -0.1) is 0 Å². The number of aliphatic carboxylic acids is 1. The molecule has 1 saturated carbocycles. The molecule has 0 spiro atoms. The molecular weight excluding hydrogens is 274 g/mol. The van der Waals surface area contributed by atoms with E-state index in [-0.39, 0.29) is 0 Å². The van der Waals surface area contributed by atoms with E-state index in [1.165, 1.54) is 37.3 Å². The van der Waals surface area contributed by atoms with Gasteiger partial charge in [-0.05, 0) is 44.1 Å². The molecule has 1 N–H and O–H groups in total. The molecule has 1 aromatic carbocycles. The smallest absolute Gasteiger partial charge is 0.328 e. The normalized spacial score (nSPS) is 29.4. The van der Waals surface area contributed by atoms with Crippen molar-refractivity contribution in [3.8, 4) is 0 Å². The summed E-state index contributed by atoms with van der Waals surface area (Å²) in [5.41, 5.74) is 3.00. The lowest BCUT2D eigenvalue weighted by atomic mass is 9.91. The summed E-state index contributed by atoms with van der Waals surface area (Å²) in [6.07, 6.45) is 8.41. The van der Waals surface area contributed by atoms with Crippen LogP contribution in [0.15, 0.2) is 42.0 Å². The van der Waals surface area contributed by atoms with Gasteiger partial charge in [-0.3, -0.25) is 4.90 Å². The Bertz CT molecular complexity index is 587. The maximum atomic E-state index is 10.9. The molecule has 0 amide bonds. The third-order valence-corrected chi connectivity index (χ3v) is 5.82. The lowest BCUT2D eigenvalue weighted by Gasteiger charge is -2.38. The average Bonchev–Trinajstić information content (AvgIpc) is 3.24. The molecule has 2 bridgehead atoms. The van der Waals surface area contributed by atoms with Crippen molar-refractivity contribution in [1.82, 2.24) is 4.90 Å². The van der Waals surface area contributed by atoms with Crippen molar-refractivity contribution in [2.75, 3.05) is 6.54 Å². The van der Waals surface area contributed by atoms with Gasteiger partial charge in [0.05, 0.1) is 0 Å². The van der Waals surface area contributed by atoms with Crippen molar-refractivity contribution in [2.45, 2.75) is 56.0 Å². The van der Waals surface area contributed by atoms with E-state index < -0.39 is 5.97 Å². The SMILES string of the molecule is O=C(O)C=C1CC2CCC(C1)N2CC1(c2ccccc2)CC1. The summed E-state index contributed by atoms with van der Waals surface area (Å²) in [5.74, 6) is -0.786. The van der Waals surface area contributed by atoms with Crippen LogP contribution in [0, 0.1) is 0 Å². The van der Waals surface area contributed by atoms with Crippen LogP contribution in [0.4, 0.5) is 0 Å². The fraction of sp³-hybridized carbons (Fsp3) is 0.526. The van der Waals surface area contributed by atoms with Crippen LogP contribution in [0.2, 0.25) is 0 Å². The second kappa shape index (κ2) is 5.24. The van der Waals surface area contributed by atoms with E-state index in [1.807, 2.05) is 0 Å². The third kappa shape index (κ3) is 2.48. The van der Waals surface area contributed by atoms with Gasteiger partial charge in [0.1, 0.15) is 0 Å². The number of nitrogens with zero attached hydrogens (tertiary/aromatic N) is 1. The fourth-order valence-electron chi connectivity index (χ4n) is 4.52. The molecule has 22 heavy (non-hydrogen) atoms. The first-order valence-corrected chi connectivity index (χ1v) is 8.40. The Morgan fingerprint density at radius 2 is 1.82 bits per heavy atom. The highest BCUT2D eigenvalue weighted by molar-refractivity contribution is 5.80. The van der Waals surface area contributed by atoms with Gasteiger partial charge in [0, 0.05) is 30.1 Å². The molecule has 116 valence electrons. The molecule has 3 heteroatoms. The summed E-state index contributed by atoms with van der Waals surface area (Å²) >= 11 is 0. The standard InChI is InChI=1S/C19H23NO2/c21-18(22)12-14-10-16-6-7-17(11-14)20(16)13-19(8-9-19)15-4-2-1-3-5-15/h1-5,12,16-17H,6-11,13H2,(H,21,22). The number of hydrogen-bond donors (Lipinski definition) is 1. The van der Waals surface area contributed by atoms with E-state index in [4.69, 9.17) is 5.11 Å². The predicted molar refractivity (Wildman–Crippen MR) is 85.8 cm³/mol. The van der Waals surface area contributed by atoms with E-state index in [0.29, 0.717) is 17.5 Å². The molecule has 3 fully saturated rings. The fourth-order valence-corrected chi connectivity index (χ4v) is 4.52. The number of carboxylic acids is 1. The molecule has 1 aromatic rings. The first kappa shape index (κ1) is 14.0. The number of fused-ring (bicyclic) bond motifs is 2. The van der Waals surface area contributed by atoms with Gasteiger partial charge in [-0.25, -0.2) is 4.79 Å². The van der Waals surface area contributed by atoms with Crippen molar-refractivity contribution in [3.05, 3.63) is 47.5 Å². The number of rotatable bonds is 4. The summed E-state index contributed by atoms with van der Waals surface area (Å²) in [7, 11) is 0. The molecule has 0 aromatic heterocycles. The van der Waals surface area contributed by atoms with Crippen LogP contribution in [-0.2, 0) is 10.2 Å². The highest BCUT2D eigenvalue weighted by atomic mass is 16.4. The number of carboxylic acid groups (broad SMARTS) is 1. The molecule has 1 aliphatic carbocycles. The predicted octanol–water partition coefficient (Wildman–Crippen LogP) is 3.36. The van der Waals surface area contributed by atoms with Gasteiger partial charge in [0.15, 0.2) is 0 Å². The zero-order chi connectivity index (χ0) is 15.2. The van der Waals surface area contributed by atoms with Crippen LogP contribution in [0.5, 0.6) is 0 Å². The Morgan fingerprint density at radius 1 is 1.18 bits per heavy atom. The van der Waals surface area contributed by atoms with Gasteiger partial charge in [-0.1, -0.05) is 35.9 Å². The lowest BCUT2D eigenvalue weighted by molar-refractivity contribution is -0.131. The van der Waals surface area contributed by atoms with Crippen molar-refractivity contribution in [1.29, 1.82) is 0 Å². The van der Waals surface area contributed by atoms with E-state index in [9.17, 15) is 4.79 Å². The average molecular weight is 297 g/mol. The molecule has 3 aliphatic rings. The Labute approximate surface area is 131 Å².